The molecular formula is C14H19NS. The van der Waals surface area contributed by atoms with Gasteiger partial charge in [0.1, 0.15) is 0 Å². The van der Waals surface area contributed by atoms with Crippen LogP contribution in [0.1, 0.15) is 26.3 Å². The van der Waals surface area contributed by atoms with Gasteiger partial charge in [0, 0.05) is 23.2 Å². The van der Waals surface area contributed by atoms with Gasteiger partial charge in [-0.1, -0.05) is 26.0 Å². The summed E-state index contributed by atoms with van der Waals surface area (Å²) in [6.45, 7) is 8.81. The Balaban J connectivity index is 2.13. The Morgan fingerprint density at radius 2 is 1.81 bits per heavy atom. The lowest BCUT2D eigenvalue weighted by atomic mass is 9.98. The second-order valence-electron chi connectivity index (χ2n) is 4.52. The van der Waals surface area contributed by atoms with Crippen LogP contribution in [-0.4, -0.2) is 18.3 Å². The topological polar surface area (TPSA) is 12.0 Å². The van der Waals surface area contributed by atoms with Crippen molar-refractivity contribution in [2.24, 2.45) is 0 Å². The molecule has 16 heavy (non-hydrogen) atoms. The van der Waals surface area contributed by atoms with Crippen LogP contribution in [0.3, 0.4) is 0 Å². The van der Waals surface area contributed by atoms with Crippen molar-refractivity contribution in [1.82, 2.24) is 5.32 Å². The largest absolute Gasteiger partial charge is 0.309 e. The molecule has 1 fully saturated rings. The Morgan fingerprint density at radius 1 is 1.19 bits per heavy atom. The van der Waals surface area contributed by atoms with Gasteiger partial charge in [0.05, 0.1) is 0 Å². The fourth-order valence-corrected chi connectivity index (χ4v) is 2.61. The van der Waals surface area contributed by atoms with Crippen LogP contribution < -0.4 is 5.32 Å². The predicted octanol–water partition coefficient (Wildman–Crippen LogP) is 3.56. The van der Waals surface area contributed by atoms with Gasteiger partial charge in [0.15, 0.2) is 0 Å². The molecule has 1 heterocycles. The van der Waals surface area contributed by atoms with Gasteiger partial charge in [-0.15, -0.1) is 11.8 Å². The quantitative estimate of drug-likeness (QED) is 0.801. The normalized spacial score (nSPS) is 15.1. The number of hydrogen-bond donors (Lipinski definition) is 1. The number of nitrogens with one attached hydrogen (secondary N) is 1. The summed E-state index contributed by atoms with van der Waals surface area (Å²) in [6.07, 6.45) is 0. The molecule has 0 aromatic heterocycles. The van der Waals surface area contributed by atoms with E-state index in [0.29, 0.717) is 5.25 Å². The van der Waals surface area contributed by atoms with Crippen LogP contribution in [0.5, 0.6) is 0 Å². The molecule has 0 spiro atoms. The van der Waals surface area contributed by atoms with Crippen molar-refractivity contribution in [2.45, 2.75) is 30.9 Å². The maximum atomic E-state index is 3.29. The third-order valence-corrected chi connectivity index (χ3v) is 3.88. The first-order valence-corrected chi connectivity index (χ1v) is 6.71. The average molecular weight is 233 g/mol. The van der Waals surface area contributed by atoms with Crippen molar-refractivity contribution in [3.05, 3.63) is 35.4 Å². The van der Waals surface area contributed by atoms with Crippen LogP contribution >= 0.6 is 11.8 Å². The van der Waals surface area contributed by atoms with Crippen molar-refractivity contribution in [1.29, 1.82) is 0 Å². The van der Waals surface area contributed by atoms with Crippen LogP contribution in [-0.2, 0) is 0 Å². The van der Waals surface area contributed by atoms with E-state index < -0.39 is 0 Å². The number of rotatable bonds is 3. The molecule has 1 saturated heterocycles. The third kappa shape index (κ3) is 2.69. The third-order valence-electron chi connectivity index (χ3n) is 2.87. The Kier molecular flexibility index (Phi) is 3.72. The highest BCUT2D eigenvalue weighted by atomic mass is 32.2. The summed E-state index contributed by atoms with van der Waals surface area (Å²) in [6, 6.07) is 8.95. The van der Waals surface area contributed by atoms with Crippen molar-refractivity contribution < 1.29 is 0 Å². The first-order valence-electron chi connectivity index (χ1n) is 5.83. The average Bonchev–Trinajstić information content (AvgIpc) is 2.15. The Hall–Kier alpha value is -0.730. The van der Waals surface area contributed by atoms with Gasteiger partial charge in [0.25, 0.3) is 0 Å². The van der Waals surface area contributed by atoms with Crippen LogP contribution in [0, 0.1) is 0 Å². The van der Waals surface area contributed by atoms with Crippen LogP contribution in [0.15, 0.2) is 34.7 Å². The van der Waals surface area contributed by atoms with E-state index in [2.05, 4.69) is 50.4 Å². The summed E-state index contributed by atoms with van der Waals surface area (Å²) >= 11 is 1.92. The van der Waals surface area contributed by atoms with Gasteiger partial charge in [-0.25, -0.2) is 0 Å². The molecule has 1 N–H and O–H groups in total. The molecular weight excluding hydrogens is 214 g/mol. The minimum absolute atomic E-state index is 0.654. The van der Waals surface area contributed by atoms with Crippen molar-refractivity contribution in [3.8, 4) is 0 Å². The molecule has 0 unspecified atom stereocenters. The summed E-state index contributed by atoms with van der Waals surface area (Å²) < 4.78 is 0. The molecule has 86 valence electrons. The molecule has 1 aromatic rings. The minimum Gasteiger partial charge on any atom is -0.309 e. The molecule has 1 aliphatic heterocycles. The summed E-state index contributed by atoms with van der Waals surface area (Å²) in [7, 11) is 0. The highest BCUT2D eigenvalue weighted by molar-refractivity contribution is 7.99. The van der Waals surface area contributed by atoms with E-state index in [1.807, 2.05) is 11.8 Å². The zero-order valence-electron chi connectivity index (χ0n) is 10.2. The molecule has 0 saturated carbocycles. The Labute approximate surface area is 102 Å². The zero-order valence-corrected chi connectivity index (χ0v) is 11.0. The van der Waals surface area contributed by atoms with E-state index in [1.54, 1.807) is 5.57 Å². The molecule has 0 bridgehead atoms. The zero-order chi connectivity index (χ0) is 11.5. The lowest BCUT2D eigenvalue weighted by Crippen LogP contribution is -2.34. The van der Waals surface area contributed by atoms with Crippen molar-refractivity contribution >= 4 is 17.3 Å². The molecule has 0 atom stereocenters. The van der Waals surface area contributed by atoms with Crippen LogP contribution in [0.2, 0.25) is 0 Å². The fourth-order valence-electron chi connectivity index (χ4n) is 1.77. The van der Waals surface area contributed by atoms with Gasteiger partial charge in [-0.05, 0) is 35.8 Å². The standard InChI is InChI=1S/C14H19NS/c1-10(2)16-14-6-4-12(5-7-14)11(3)13-8-15-9-13/h4-7,10,15H,8-9H2,1-3H3. The van der Waals surface area contributed by atoms with E-state index in [0.717, 1.165) is 13.1 Å². The second-order valence-corrected chi connectivity index (χ2v) is 6.17. The van der Waals surface area contributed by atoms with Gasteiger partial charge in [-0.3, -0.25) is 0 Å². The van der Waals surface area contributed by atoms with Gasteiger partial charge in [0.2, 0.25) is 0 Å². The summed E-state index contributed by atoms with van der Waals surface area (Å²) in [4.78, 5) is 1.36. The lowest BCUT2D eigenvalue weighted by molar-refractivity contribution is 0.670. The van der Waals surface area contributed by atoms with Crippen molar-refractivity contribution in [2.75, 3.05) is 13.1 Å². The number of thioether (sulfide) groups is 1. The number of benzene rings is 1. The molecule has 1 nitrogen and oxygen atoms in total. The maximum Gasteiger partial charge on any atom is 0.0186 e. The summed E-state index contributed by atoms with van der Waals surface area (Å²) in [5, 5.41) is 3.94. The molecule has 1 aliphatic rings. The molecule has 0 amide bonds. The molecule has 2 heteroatoms. The van der Waals surface area contributed by atoms with Crippen LogP contribution in [0.25, 0.3) is 5.57 Å². The van der Waals surface area contributed by atoms with E-state index in [9.17, 15) is 0 Å². The molecule has 0 radical (unpaired) electrons. The predicted molar refractivity (Wildman–Crippen MR) is 72.9 cm³/mol. The smallest absolute Gasteiger partial charge is 0.0186 e. The van der Waals surface area contributed by atoms with Gasteiger partial charge < -0.3 is 5.32 Å². The van der Waals surface area contributed by atoms with E-state index in [1.165, 1.54) is 16.0 Å². The lowest BCUT2D eigenvalue weighted by Gasteiger charge is -2.22. The highest BCUT2D eigenvalue weighted by Gasteiger charge is 2.11. The monoisotopic (exact) mass is 233 g/mol. The summed E-state index contributed by atoms with van der Waals surface area (Å²) in [5.41, 5.74) is 4.36. The SMILES string of the molecule is CC(=C1CNC1)c1ccc(SC(C)C)cc1. The Bertz CT molecular complexity index is 384. The minimum atomic E-state index is 0.654. The second kappa shape index (κ2) is 5.07. The maximum absolute atomic E-state index is 3.29. The first-order chi connectivity index (χ1) is 7.66. The number of hydrogen-bond acceptors (Lipinski definition) is 2. The Morgan fingerprint density at radius 3 is 2.25 bits per heavy atom. The first kappa shape index (κ1) is 11.7. The molecule has 2 rings (SSSR count). The summed E-state index contributed by atoms with van der Waals surface area (Å²) in [5.74, 6) is 0. The highest BCUT2D eigenvalue weighted by Crippen LogP contribution is 2.26. The van der Waals surface area contributed by atoms with Gasteiger partial charge >= 0.3 is 0 Å². The van der Waals surface area contributed by atoms with E-state index in [-0.39, 0.29) is 0 Å². The van der Waals surface area contributed by atoms with E-state index >= 15 is 0 Å². The number of allylic oxidation sites excluding steroid dienone is 1. The van der Waals surface area contributed by atoms with E-state index in [4.69, 9.17) is 0 Å². The van der Waals surface area contributed by atoms with Crippen LogP contribution in [0.4, 0.5) is 0 Å². The van der Waals surface area contributed by atoms with Gasteiger partial charge in [-0.2, -0.15) is 0 Å². The fraction of sp³-hybridized carbons (Fsp3) is 0.429. The molecule has 1 aromatic carbocycles. The molecule has 0 aliphatic carbocycles. The van der Waals surface area contributed by atoms with Crippen molar-refractivity contribution in [3.63, 3.8) is 0 Å².